The van der Waals surface area contributed by atoms with E-state index >= 15 is 0 Å². The summed E-state index contributed by atoms with van der Waals surface area (Å²) in [5.41, 5.74) is 3.44. The van der Waals surface area contributed by atoms with Gasteiger partial charge in [-0.15, -0.1) is 0 Å². The van der Waals surface area contributed by atoms with Crippen LogP contribution in [-0.4, -0.2) is 33.0 Å². The van der Waals surface area contributed by atoms with E-state index in [2.05, 4.69) is 10.3 Å². The lowest BCUT2D eigenvalue weighted by Crippen LogP contribution is -2.15. The summed E-state index contributed by atoms with van der Waals surface area (Å²) >= 11 is 0. The van der Waals surface area contributed by atoms with Crippen molar-refractivity contribution in [2.24, 2.45) is 0 Å². The summed E-state index contributed by atoms with van der Waals surface area (Å²) in [7, 11) is 0. The Morgan fingerprint density at radius 1 is 1.14 bits per heavy atom. The minimum Gasteiger partial charge on any atom is -0.505 e. The molecule has 0 radical (unpaired) electrons. The molecule has 0 atom stereocenters. The lowest BCUT2D eigenvalue weighted by atomic mass is 9.98. The van der Waals surface area contributed by atoms with Crippen LogP contribution < -0.4 is 10.1 Å². The van der Waals surface area contributed by atoms with Crippen molar-refractivity contribution < 1.29 is 32.2 Å². The topological polar surface area (TPSA) is 75.9 Å². The van der Waals surface area contributed by atoms with Gasteiger partial charge in [0.25, 0.3) is 0 Å². The van der Waals surface area contributed by atoms with Crippen LogP contribution in [0.15, 0.2) is 54.9 Å². The highest BCUT2D eigenvalue weighted by Crippen LogP contribution is 2.33. The second-order valence-electron chi connectivity index (χ2n) is 8.64. The zero-order valence-corrected chi connectivity index (χ0v) is 20.2. The van der Waals surface area contributed by atoms with Crippen molar-refractivity contribution in [3.63, 3.8) is 0 Å². The largest absolute Gasteiger partial charge is 0.505 e. The van der Waals surface area contributed by atoms with E-state index in [1.807, 2.05) is 19.9 Å². The Morgan fingerprint density at radius 2 is 1.92 bits per heavy atom. The number of anilines is 1. The maximum absolute atomic E-state index is 13.8. The van der Waals surface area contributed by atoms with Crippen LogP contribution in [0.1, 0.15) is 42.1 Å². The summed E-state index contributed by atoms with van der Waals surface area (Å²) in [4.78, 5) is 16.8. The van der Waals surface area contributed by atoms with Gasteiger partial charge in [-0.05, 0) is 37.1 Å². The number of hydrogen-bond acceptors (Lipinski definition) is 5. The molecule has 0 amide bonds. The molecule has 4 rings (SSSR count). The first-order valence-electron chi connectivity index (χ1n) is 11.7. The van der Waals surface area contributed by atoms with Crippen LogP contribution in [0.5, 0.6) is 17.2 Å². The number of carbonyl (C=O) groups is 1. The van der Waals surface area contributed by atoms with Gasteiger partial charge in [-0.1, -0.05) is 19.1 Å². The molecule has 0 unspecified atom stereocenters. The molecule has 0 spiro atoms. The third-order valence-corrected chi connectivity index (χ3v) is 5.76. The average molecular weight is 516 g/mol. The SMILES string of the molecule is CCCC(=O)c1ccc(-c2cnc3c(NCCC(F)(F)F)cc(Oc4ccc(O)c(F)c4)cn23)cc1C. The number of rotatable bonds is 9. The molecule has 194 valence electrons. The summed E-state index contributed by atoms with van der Waals surface area (Å²) in [6, 6.07) is 10.4. The number of benzene rings is 2. The number of phenolic OH excluding ortho intramolecular Hbond substituents is 1. The van der Waals surface area contributed by atoms with Gasteiger partial charge in [0.1, 0.15) is 11.5 Å². The molecule has 2 N–H and O–H groups in total. The predicted octanol–water partition coefficient (Wildman–Crippen LogP) is 7.29. The molecule has 6 nitrogen and oxygen atoms in total. The molecule has 2 aromatic heterocycles. The summed E-state index contributed by atoms with van der Waals surface area (Å²) in [6.07, 6.45) is -1.03. The van der Waals surface area contributed by atoms with Crippen molar-refractivity contribution >= 4 is 17.1 Å². The number of aryl methyl sites for hydroxylation is 1. The molecule has 0 saturated heterocycles. The third kappa shape index (κ3) is 6.02. The number of hydrogen-bond donors (Lipinski definition) is 2. The number of nitrogens with zero attached hydrogens (tertiary/aromatic N) is 2. The zero-order valence-electron chi connectivity index (χ0n) is 20.2. The molecule has 37 heavy (non-hydrogen) atoms. The number of aromatic hydroxyl groups is 1. The fourth-order valence-corrected chi connectivity index (χ4v) is 3.99. The molecular weight excluding hydrogens is 490 g/mol. The second kappa shape index (κ2) is 10.5. The van der Waals surface area contributed by atoms with Crippen LogP contribution in [0.4, 0.5) is 23.2 Å². The number of carbonyl (C=O) groups excluding carboxylic acids is 1. The van der Waals surface area contributed by atoms with Gasteiger partial charge in [-0.2, -0.15) is 13.2 Å². The Balaban J connectivity index is 1.76. The third-order valence-electron chi connectivity index (χ3n) is 5.76. The molecule has 0 aliphatic rings. The van der Waals surface area contributed by atoms with Gasteiger partial charge in [0, 0.05) is 36.2 Å². The quantitative estimate of drug-likeness (QED) is 0.181. The molecule has 0 saturated carbocycles. The van der Waals surface area contributed by atoms with Crippen molar-refractivity contribution in [1.29, 1.82) is 0 Å². The number of ether oxygens (including phenoxy) is 1. The van der Waals surface area contributed by atoms with E-state index in [4.69, 9.17) is 4.74 Å². The first-order valence-corrected chi connectivity index (χ1v) is 11.7. The Hall–Kier alpha value is -4.08. The van der Waals surface area contributed by atoms with Crippen molar-refractivity contribution in [1.82, 2.24) is 9.38 Å². The molecule has 2 aromatic carbocycles. The summed E-state index contributed by atoms with van der Waals surface area (Å²) in [5.74, 6) is -1.06. The number of pyridine rings is 1. The first kappa shape index (κ1) is 26.0. The van der Waals surface area contributed by atoms with Gasteiger partial charge in [-0.25, -0.2) is 9.37 Å². The number of halogens is 4. The smallest absolute Gasteiger partial charge is 0.390 e. The van der Waals surface area contributed by atoms with Gasteiger partial charge >= 0.3 is 6.18 Å². The standard InChI is InChI=1S/C27H25F4N3O3/c1-3-4-24(35)20-7-5-17(11-16(20)2)23-14-33-26-22(32-10-9-27(29,30)31)13-19(15-34(23)26)37-18-6-8-25(36)21(28)12-18/h5-8,11-15,32,36H,3-4,9-10H2,1-2H3. The number of phenols is 1. The fraction of sp³-hybridized carbons (Fsp3) is 0.259. The van der Waals surface area contributed by atoms with Crippen molar-refractivity contribution in [3.8, 4) is 28.5 Å². The summed E-state index contributed by atoms with van der Waals surface area (Å²) in [6.45, 7) is 3.40. The van der Waals surface area contributed by atoms with Crippen molar-refractivity contribution in [2.75, 3.05) is 11.9 Å². The van der Waals surface area contributed by atoms with Gasteiger partial charge in [-0.3, -0.25) is 9.20 Å². The number of aromatic nitrogens is 2. The van der Waals surface area contributed by atoms with E-state index in [1.165, 1.54) is 12.1 Å². The minimum absolute atomic E-state index is 0.0534. The van der Waals surface area contributed by atoms with Crippen LogP contribution in [-0.2, 0) is 0 Å². The highest BCUT2D eigenvalue weighted by molar-refractivity contribution is 5.98. The monoisotopic (exact) mass is 515 g/mol. The fourth-order valence-electron chi connectivity index (χ4n) is 3.99. The van der Waals surface area contributed by atoms with E-state index in [0.29, 0.717) is 29.0 Å². The van der Waals surface area contributed by atoms with E-state index < -0.39 is 24.2 Å². The van der Waals surface area contributed by atoms with E-state index in [-0.39, 0.29) is 23.8 Å². The Kier molecular flexibility index (Phi) is 7.37. The van der Waals surface area contributed by atoms with Gasteiger partial charge in [0.2, 0.25) is 0 Å². The van der Waals surface area contributed by atoms with Crippen LogP contribution in [0.25, 0.3) is 16.9 Å². The number of fused-ring (bicyclic) bond motifs is 1. The maximum Gasteiger partial charge on any atom is 0.390 e. The molecule has 0 aliphatic carbocycles. The van der Waals surface area contributed by atoms with Crippen molar-refractivity contribution in [3.05, 3.63) is 71.8 Å². The summed E-state index contributed by atoms with van der Waals surface area (Å²) in [5, 5.41) is 12.2. The molecule has 0 fully saturated rings. The van der Waals surface area contributed by atoms with Crippen LogP contribution in [0.2, 0.25) is 0 Å². The van der Waals surface area contributed by atoms with E-state index in [0.717, 1.165) is 29.7 Å². The van der Waals surface area contributed by atoms with Gasteiger partial charge in [0.05, 0.1) is 30.2 Å². The van der Waals surface area contributed by atoms with Crippen LogP contribution in [0, 0.1) is 12.7 Å². The number of Topliss-reactive ketones (excluding diaryl/α,β-unsaturated/α-hetero) is 1. The lowest BCUT2D eigenvalue weighted by Gasteiger charge is -2.14. The predicted molar refractivity (Wildman–Crippen MR) is 132 cm³/mol. The van der Waals surface area contributed by atoms with Crippen LogP contribution in [0.3, 0.4) is 0 Å². The van der Waals surface area contributed by atoms with E-state index in [9.17, 15) is 27.5 Å². The highest BCUT2D eigenvalue weighted by atomic mass is 19.4. The zero-order chi connectivity index (χ0) is 26.7. The molecular formula is C27H25F4N3O3. The average Bonchev–Trinajstić information content (AvgIpc) is 3.25. The first-order chi connectivity index (χ1) is 17.6. The van der Waals surface area contributed by atoms with Gasteiger partial charge in [0.15, 0.2) is 23.0 Å². The van der Waals surface area contributed by atoms with Gasteiger partial charge < -0.3 is 15.2 Å². The number of imidazole rings is 1. The van der Waals surface area contributed by atoms with Crippen LogP contribution >= 0.6 is 0 Å². The molecule has 4 aromatic rings. The molecule has 2 heterocycles. The molecule has 0 bridgehead atoms. The molecule has 0 aliphatic heterocycles. The number of alkyl halides is 3. The Bertz CT molecular complexity index is 1450. The number of nitrogens with one attached hydrogen (secondary N) is 1. The Labute approximate surface area is 210 Å². The van der Waals surface area contributed by atoms with E-state index in [1.54, 1.807) is 28.9 Å². The summed E-state index contributed by atoms with van der Waals surface area (Å²) < 4.78 is 59.5. The normalized spacial score (nSPS) is 11.6. The maximum atomic E-state index is 13.8. The lowest BCUT2D eigenvalue weighted by molar-refractivity contribution is -0.131. The minimum atomic E-state index is -4.34. The Morgan fingerprint density at radius 3 is 2.59 bits per heavy atom. The van der Waals surface area contributed by atoms with Crippen molar-refractivity contribution in [2.45, 2.75) is 39.3 Å². The second-order valence-corrected chi connectivity index (χ2v) is 8.64. The highest BCUT2D eigenvalue weighted by Gasteiger charge is 2.26. The number of ketones is 1. The molecule has 10 heteroatoms.